The highest BCUT2D eigenvalue weighted by molar-refractivity contribution is 6.14. The quantitative estimate of drug-likeness (QED) is 0.145. The van der Waals surface area contributed by atoms with Crippen molar-refractivity contribution in [2.24, 2.45) is 0 Å². The van der Waals surface area contributed by atoms with E-state index in [9.17, 15) is 23.5 Å². The van der Waals surface area contributed by atoms with Crippen LogP contribution in [0.5, 0.6) is 5.75 Å². The molecule has 0 aliphatic carbocycles. The second-order valence-electron chi connectivity index (χ2n) is 11.5. The molecule has 15 heteroatoms. The van der Waals surface area contributed by atoms with Gasteiger partial charge in [-0.25, -0.2) is 14.5 Å². The van der Waals surface area contributed by atoms with E-state index in [2.05, 4.69) is 19.8 Å². The molecule has 10 nitrogen and oxygen atoms in total. The molecule has 2 aliphatic rings. The molecule has 2 atom stereocenters. The number of halogens is 5. The maximum Gasteiger partial charge on any atom is 0.399 e. The fraction of sp³-hybridized carbons (Fsp3) is 0.333. The Labute approximate surface area is 271 Å². The highest BCUT2D eigenvalue weighted by Crippen LogP contribution is 2.53. The molecule has 2 aromatic carbocycles. The molecule has 48 heavy (non-hydrogen) atoms. The first-order valence-electron chi connectivity index (χ1n) is 15.0. The summed E-state index contributed by atoms with van der Waals surface area (Å²) >= 11 is 0. The van der Waals surface area contributed by atoms with E-state index >= 15 is 13.2 Å². The summed E-state index contributed by atoms with van der Waals surface area (Å²) < 4.78 is 80.7. The molecule has 4 heterocycles. The van der Waals surface area contributed by atoms with Crippen molar-refractivity contribution in [3.8, 4) is 5.75 Å². The number of hydrogen-bond acceptors (Lipinski definition) is 8. The number of esters is 1. The number of piperidine rings is 1. The maximum atomic E-state index is 15.1. The van der Waals surface area contributed by atoms with Gasteiger partial charge < -0.3 is 24.8 Å². The number of pyridine rings is 1. The van der Waals surface area contributed by atoms with Crippen molar-refractivity contribution in [2.75, 3.05) is 30.4 Å². The summed E-state index contributed by atoms with van der Waals surface area (Å²) in [5.41, 5.74) is -2.85. The molecule has 2 aromatic heterocycles. The third-order valence-electron chi connectivity index (χ3n) is 8.71. The average Bonchev–Trinajstić information content (AvgIpc) is 3.42. The molecule has 0 spiro atoms. The van der Waals surface area contributed by atoms with E-state index in [1.165, 1.54) is 16.8 Å². The van der Waals surface area contributed by atoms with Gasteiger partial charge in [0.25, 0.3) is 11.5 Å². The number of amides is 1. The SMILES string of the molecule is COC(=O)C1(O)C(=O)Nc2c(c(C3CCN(c4ccc(OC(F)F)cn4)CC3)nn2C(c2ccccc2)c2ccccc2)C1C(F)(F)F. The van der Waals surface area contributed by atoms with Gasteiger partial charge >= 0.3 is 18.8 Å². The number of aliphatic hydroxyl groups is 1. The highest BCUT2D eigenvalue weighted by atomic mass is 19.4. The summed E-state index contributed by atoms with van der Waals surface area (Å²) in [6.45, 7) is -2.40. The van der Waals surface area contributed by atoms with Gasteiger partial charge in [-0.1, -0.05) is 60.7 Å². The normalized spacial score (nSPS) is 20.1. The van der Waals surface area contributed by atoms with Crippen molar-refractivity contribution < 1.29 is 46.1 Å². The van der Waals surface area contributed by atoms with Gasteiger partial charge in [-0.05, 0) is 36.1 Å². The van der Waals surface area contributed by atoms with Gasteiger partial charge in [0, 0.05) is 24.6 Å². The number of rotatable bonds is 8. The van der Waals surface area contributed by atoms with Gasteiger partial charge in [-0.3, -0.25) is 4.79 Å². The van der Waals surface area contributed by atoms with Crippen LogP contribution >= 0.6 is 0 Å². The molecule has 0 bridgehead atoms. The number of methoxy groups -OCH3 is 1. The molecular formula is C33H30F5N5O5. The Hall–Kier alpha value is -5.05. The molecule has 6 rings (SSSR count). The minimum atomic E-state index is -5.28. The van der Waals surface area contributed by atoms with Gasteiger partial charge in [0.05, 0.1) is 19.0 Å². The molecule has 1 fully saturated rings. The van der Waals surface area contributed by atoms with Crippen molar-refractivity contribution >= 4 is 23.5 Å². The van der Waals surface area contributed by atoms with Crippen molar-refractivity contribution in [1.29, 1.82) is 0 Å². The first-order chi connectivity index (χ1) is 22.9. The smallest absolute Gasteiger partial charge is 0.399 e. The van der Waals surface area contributed by atoms with Crippen LogP contribution in [0.3, 0.4) is 0 Å². The minimum Gasteiger partial charge on any atom is -0.466 e. The lowest BCUT2D eigenvalue weighted by Gasteiger charge is -2.39. The average molecular weight is 672 g/mol. The zero-order valence-corrected chi connectivity index (χ0v) is 25.4. The lowest BCUT2D eigenvalue weighted by atomic mass is 9.75. The van der Waals surface area contributed by atoms with Crippen molar-refractivity contribution in [1.82, 2.24) is 14.8 Å². The van der Waals surface area contributed by atoms with Crippen molar-refractivity contribution in [3.05, 3.63) is 101 Å². The monoisotopic (exact) mass is 671 g/mol. The van der Waals surface area contributed by atoms with Crippen LogP contribution in [0.2, 0.25) is 0 Å². The first-order valence-corrected chi connectivity index (χ1v) is 15.0. The first kappa shape index (κ1) is 32.9. The zero-order chi connectivity index (χ0) is 34.2. The van der Waals surface area contributed by atoms with Crippen LogP contribution in [-0.2, 0) is 14.3 Å². The lowest BCUT2D eigenvalue weighted by Crippen LogP contribution is -2.61. The molecule has 2 N–H and O–H groups in total. The van der Waals surface area contributed by atoms with Crippen LogP contribution in [0, 0.1) is 0 Å². The number of benzene rings is 2. The number of carbonyl (C=O) groups excluding carboxylic acids is 2. The van der Waals surface area contributed by atoms with Crippen LogP contribution in [0.25, 0.3) is 0 Å². The Morgan fingerprint density at radius 2 is 1.60 bits per heavy atom. The third-order valence-corrected chi connectivity index (χ3v) is 8.71. The number of alkyl halides is 5. The largest absolute Gasteiger partial charge is 0.466 e. The summed E-state index contributed by atoms with van der Waals surface area (Å²) in [5, 5.41) is 18.5. The summed E-state index contributed by atoms with van der Waals surface area (Å²) in [6.07, 6.45) is -3.57. The second kappa shape index (κ2) is 12.9. The fourth-order valence-corrected chi connectivity index (χ4v) is 6.53. The predicted octanol–water partition coefficient (Wildman–Crippen LogP) is 5.40. The molecule has 0 radical (unpaired) electrons. The van der Waals surface area contributed by atoms with Crippen LogP contribution in [0.4, 0.5) is 33.6 Å². The molecule has 252 valence electrons. The van der Waals surface area contributed by atoms with Gasteiger partial charge in [0.2, 0.25) is 0 Å². The second-order valence-corrected chi connectivity index (χ2v) is 11.5. The standard InChI is InChI=1S/C33H30F5N5O5/c1-47-30(45)32(46)27(33(36,37)38)24-25(19-14-16-42(17-15-19)23-13-12-22(18-39-23)48-31(34)35)41-43(28(24)40-29(32)44)26(20-8-4-2-5-9-20)21-10-6-3-7-11-21/h2-13,18-19,26-27,31,46H,14-17H2,1H3,(H,40,44). The molecule has 2 unspecified atom stereocenters. The summed E-state index contributed by atoms with van der Waals surface area (Å²) in [6, 6.07) is 19.8. The van der Waals surface area contributed by atoms with E-state index in [-0.39, 0.29) is 30.1 Å². The van der Waals surface area contributed by atoms with Crippen molar-refractivity contribution in [2.45, 2.75) is 49.1 Å². The molecule has 1 saturated heterocycles. The number of anilines is 2. The number of nitrogens with zero attached hydrogens (tertiary/aromatic N) is 4. The molecule has 0 saturated carbocycles. The Balaban J connectivity index is 1.47. The fourth-order valence-electron chi connectivity index (χ4n) is 6.53. The summed E-state index contributed by atoms with van der Waals surface area (Å²) in [5.74, 6) is -6.89. The van der Waals surface area contributed by atoms with E-state index in [4.69, 9.17) is 5.10 Å². The predicted molar refractivity (Wildman–Crippen MR) is 162 cm³/mol. The summed E-state index contributed by atoms with van der Waals surface area (Å²) in [4.78, 5) is 32.2. The number of carbonyl (C=O) groups is 2. The molecule has 4 aromatic rings. The van der Waals surface area contributed by atoms with Gasteiger partial charge in [0.1, 0.15) is 29.3 Å². The van der Waals surface area contributed by atoms with E-state index in [0.29, 0.717) is 30.0 Å². The number of nitrogens with one attached hydrogen (secondary N) is 1. The van der Waals surface area contributed by atoms with Crippen LogP contribution in [0.1, 0.15) is 53.1 Å². The zero-order valence-electron chi connectivity index (χ0n) is 25.4. The number of fused-ring (bicyclic) bond motifs is 1. The minimum absolute atomic E-state index is 0.0280. The third kappa shape index (κ3) is 5.93. The molecule has 1 amide bonds. The van der Waals surface area contributed by atoms with Gasteiger partial charge in [-0.2, -0.15) is 27.1 Å². The molecule has 2 aliphatic heterocycles. The topological polar surface area (TPSA) is 119 Å². The molecular weight excluding hydrogens is 641 g/mol. The lowest BCUT2D eigenvalue weighted by molar-refractivity contribution is -0.210. The van der Waals surface area contributed by atoms with Crippen LogP contribution in [0.15, 0.2) is 79.0 Å². The van der Waals surface area contributed by atoms with E-state index in [1.807, 2.05) is 4.90 Å². The van der Waals surface area contributed by atoms with E-state index in [1.54, 1.807) is 60.7 Å². The number of aromatic nitrogens is 3. The Morgan fingerprint density at radius 1 is 1.00 bits per heavy atom. The van der Waals surface area contributed by atoms with E-state index < -0.39 is 53.7 Å². The van der Waals surface area contributed by atoms with Crippen molar-refractivity contribution in [3.63, 3.8) is 0 Å². The highest BCUT2D eigenvalue weighted by Gasteiger charge is 2.67. The Bertz CT molecular complexity index is 1720. The number of hydrogen-bond donors (Lipinski definition) is 2. The van der Waals surface area contributed by atoms with Gasteiger partial charge in [0.15, 0.2) is 0 Å². The number of ether oxygens (including phenoxy) is 2. The van der Waals surface area contributed by atoms with Crippen LogP contribution < -0.4 is 15.0 Å². The van der Waals surface area contributed by atoms with Crippen LogP contribution in [-0.4, -0.2) is 70.3 Å². The Morgan fingerprint density at radius 3 is 2.10 bits per heavy atom. The van der Waals surface area contributed by atoms with Gasteiger partial charge in [-0.15, -0.1) is 0 Å². The summed E-state index contributed by atoms with van der Waals surface area (Å²) in [7, 11) is 0.789. The maximum absolute atomic E-state index is 15.1. The van der Waals surface area contributed by atoms with E-state index in [0.717, 1.165) is 13.3 Å². The Kier molecular flexibility index (Phi) is 8.81.